The molecule has 4 saturated heterocycles. The van der Waals surface area contributed by atoms with Gasteiger partial charge in [0.1, 0.15) is 9.84 Å². The van der Waals surface area contributed by atoms with Crippen LogP contribution < -0.4 is 5.32 Å². The number of amides is 2. The molecule has 380 valence electrons. The van der Waals surface area contributed by atoms with Crippen molar-refractivity contribution in [3.05, 3.63) is 0 Å². The molecule has 4 fully saturated rings. The lowest BCUT2D eigenvalue weighted by molar-refractivity contribution is -0.130. The number of aliphatic hydroxyl groups excluding tert-OH is 1. The summed E-state index contributed by atoms with van der Waals surface area (Å²) in [5.74, 6) is -1.63. The van der Waals surface area contributed by atoms with E-state index >= 15 is 0 Å². The lowest BCUT2D eigenvalue weighted by Gasteiger charge is -2.38. The van der Waals surface area contributed by atoms with E-state index in [-0.39, 0.29) is 26.4 Å². The minimum Gasteiger partial charge on any atom is -0.396 e. The average molecular weight is 920 g/mol. The molecule has 15 heteroatoms. The summed E-state index contributed by atoms with van der Waals surface area (Å²) in [4.78, 5) is 34.8. The van der Waals surface area contributed by atoms with Gasteiger partial charge in [-0.25, -0.2) is 17.2 Å². The van der Waals surface area contributed by atoms with Crippen molar-refractivity contribution in [2.75, 3.05) is 138 Å². The van der Waals surface area contributed by atoms with Gasteiger partial charge in [0.25, 0.3) is 5.92 Å². The molecule has 0 aromatic carbocycles. The Balaban J connectivity index is -0.000000147. The van der Waals surface area contributed by atoms with Gasteiger partial charge in [0, 0.05) is 83.8 Å². The summed E-state index contributed by atoms with van der Waals surface area (Å²) in [6.07, 6.45) is 12.9. The first kappa shape index (κ1) is 72.1. The normalized spacial score (nSPS) is 16.7. The van der Waals surface area contributed by atoms with E-state index in [1.165, 1.54) is 97.1 Å². The van der Waals surface area contributed by atoms with Crippen LogP contribution in [-0.4, -0.2) is 199 Å². The third-order valence-electron chi connectivity index (χ3n) is 9.09. The predicted molar refractivity (Wildman–Crippen MR) is 267 cm³/mol. The monoisotopic (exact) mass is 920 g/mol. The number of aliphatic hydroxyl groups is 1. The topological polar surface area (TPSA) is 120 Å². The molecule has 0 aliphatic carbocycles. The smallest absolute Gasteiger partial charge is 0.272 e. The number of carbonyl (C=O) groups is 2. The number of rotatable bonds is 14. The molecule has 2 N–H and O–H groups in total. The SMILES string of the molecule is C.CC.CC.CCC(=O)N1CCCC1.CCC(=O)NCCN(C)C.CCCN1CC(F)(F)C1.CCCN1CCCC1.CCCN1CCN(C)CC1.CCCO.CCCS(C)(=O)=O. The zero-order valence-corrected chi connectivity index (χ0v) is 43.5. The fraction of sp³-hybridized carbons (Fsp3) is 0.957. The fourth-order valence-corrected chi connectivity index (χ4v) is 6.64. The quantitative estimate of drug-likeness (QED) is 0.177. The van der Waals surface area contributed by atoms with Crippen molar-refractivity contribution in [1.29, 1.82) is 0 Å². The lowest BCUT2D eigenvalue weighted by atomic mass is 10.1. The molecule has 2 amide bonds. The number of likely N-dealkylation sites (N-methyl/N-ethyl adjacent to an activating group) is 2. The van der Waals surface area contributed by atoms with E-state index in [1.807, 2.05) is 86.2 Å². The molecule has 0 spiro atoms. The molecule has 0 radical (unpaired) electrons. The zero-order chi connectivity index (χ0) is 48.1. The van der Waals surface area contributed by atoms with E-state index in [0.29, 0.717) is 31.1 Å². The first-order chi connectivity index (χ1) is 28.9. The number of likely N-dealkylation sites (tertiary alicyclic amines) is 3. The standard InChI is InChI=1S/C8H18N2.C7H16N2O.C7H13NO.C7H15N.C6H11F2N.C4H10O2S.C3H8O.2C2H6.CH4/c1-3-4-10-7-5-9(2)6-8-10;1-4-7(10)8-5-6-9(2)3;1-2-7(9)8-5-3-4-6-8;1-2-5-8-6-3-4-7-8;1-2-3-9-4-6(7,8)5-9;1-3-4-7(2,5)6;1-2-3-4;2*1-2;/h3-8H2,1-2H3;4-6H2,1-3H3,(H,8,10);2-6H2,1H3;2-7H2,1H3;2-5H2,1H3;3-4H2,1-2H3;4H,2-3H2,1H3;2*1-2H3;1H4. The van der Waals surface area contributed by atoms with Crippen molar-refractivity contribution in [2.24, 2.45) is 0 Å². The molecule has 4 aliphatic heterocycles. The summed E-state index contributed by atoms with van der Waals surface area (Å²) >= 11 is 0. The van der Waals surface area contributed by atoms with Crippen LogP contribution in [0.3, 0.4) is 0 Å². The Kier molecular flexibility index (Phi) is 58.8. The Labute approximate surface area is 385 Å². The van der Waals surface area contributed by atoms with Crippen LogP contribution in [0.1, 0.15) is 154 Å². The Morgan fingerprint density at radius 2 is 1.06 bits per heavy atom. The molecule has 4 rings (SSSR count). The number of hydrogen-bond donors (Lipinski definition) is 2. The van der Waals surface area contributed by atoms with Gasteiger partial charge < -0.3 is 34.9 Å². The van der Waals surface area contributed by atoms with Crippen LogP contribution in [0.4, 0.5) is 8.78 Å². The zero-order valence-electron chi connectivity index (χ0n) is 42.7. The number of nitrogens with zero attached hydrogens (tertiary/aromatic N) is 6. The largest absolute Gasteiger partial charge is 0.396 e. The van der Waals surface area contributed by atoms with Gasteiger partial charge in [-0.1, -0.05) is 83.6 Å². The van der Waals surface area contributed by atoms with E-state index in [0.717, 1.165) is 52.0 Å². The first-order valence-electron chi connectivity index (χ1n) is 24.1. The van der Waals surface area contributed by atoms with Crippen LogP contribution in [0.2, 0.25) is 0 Å². The van der Waals surface area contributed by atoms with Gasteiger partial charge in [0.2, 0.25) is 11.8 Å². The molecule has 0 atom stereocenters. The number of alkyl halides is 2. The van der Waals surface area contributed by atoms with Gasteiger partial charge in [0.15, 0.2) is 0 Å². The molecule has 12 nitrogen and oxygen atoms in total. The van der Waals surface area contributed by atoms with Gasteiger partial charge >= 0.3 is 0 Å². The molecule has 62 heavy (non-hydrogen) atoms. The number of nitrogens with one attached hydrogen (secondary N) is 1. The molecule has 0 saturated carbocycles. The molecule has 4 aliphatic rings. The summed E-state index contributed by atoms with van der Waals surface area (Å²) < 4.78 is 44.6. The van der Waals surface area contributed by atoms with Gasteiger partial charge in [-0.15, -0.1) is 0 Å². The molecule has 0 aromatic heterocycles. The first-order valence-corrected chi connectivity index (χ1v) is 26.2. The van der Waals surface area contributed by atoms with Gasteiger partial charge in [-0.2, -0.15) is 0 Å². The minimum absolute atomic E-state index is 0. The van der Waals surface area contributed by atoms with E-state index < -0.39 is 15.8 Å². The Morgan fingerprint density at radius 3 is 1.37 bits per heavy atom. The summed E-state index contributed by atoms with van der Waals surface area (Å²) in [7, 11) is 3.49. The van der Waals surface area contributed by atoms with Crippen molar-refractivity contribution < 1.29 is 31.9 Å². The van der Waals surface area contributed by atoms with Crippen molar-refractivity contribution in [1.82, 2.24) is 34.7 Å². The summed E-state index contributed by atoms with van der Waals surface area (Å²) in [5, 5.41) is 10.7. The average Bonchev–Trinajstić information content (AvgIpc) is 3.96. The minimum atomic E-state index is -2.67. The third-order valence-corrected chi connectivity index (χ3v) is 10.2. The maximum Gasteiger partial charge on any atom is 0.272 e. The molecular weight excluding hydrogens is 813 g/mol. The van der Waals surface area contributed by atoms with E-state index in [2.05, 4.69) is 40.9 Å². The van der Waals surface area contributed by atoms with E-state index in [4.69, 9.17) is 5.11 Å². The van der Waals surface area contributed by atoms with E-state index in [1.54, 1.807) is 4.90 Å². The Morgan fingerprint density at radius 1 is 0.661 bits per heavy atom. The lowest BCUT2D eigenvalue weighted by Crippen LogP contribution is -2.56. The van der Waals surface area contributed by atoms with Crippen molar-refractivity contribution >= 4 is 21.7 Å². The van der Waals surface area contributed by atoms with Crippen LogP contribution in [0.5, 0.6) is 0 Å². The molecule has 0 bridgehead atoms. The Bertz CT molecular complexity index is 1020. The molecule has 0 aromatic rings. The maximum absolute atomic E-state index is 12.1. The van der Waals surface area contributed by atoms with Crippen LogP contribution in [-0.2, 0) is 19.4 Å². The number of piperazine rings is 1. The summed E-state index contributed by atoms with van der Waals surface area (Å²) in [6.45, 7) is 37.1. The number of hydrogen-bond acceptors (Lipinski definition) is 10. The van der Waals surface area contributed by atoms with E-state index in [9.17, 15) is 26.8 Å². The molecule has 4 heterocycles. The Hall–Kier alpha value is -1.49. The molecular formula is C47H107F2N7O5S. The maximum atomic E-state index is 12.1. The highest BCUT2D eigenvalue weighted by atomic mass is 32.2. The number of sulfone groups is 1. The second-order valence-corrected chi connectivity index (χ2v) is 17.8. The predicted octanol–water partition coefficient (Wildman–Crippen LogP) is 8.09. The third kappa shape index (κ3) is 52.9. The van der Waals surface area contributed by atoms with Crippen molar-refractivity contribution in [3.8, 4) is 0 Å². The van der Waals surface area contributed by atoms with Crippen LogP contribution in [0.15, 0.2) is 0 Å². The van der Waals surface area contributed by atoms with Crippen LogP contribution in [0, 0.1) is 0 Å². The fourth-order valence-electron chi connectivity index (χ4n) is 5.90. The van der Waals surface area contributed by atoms with Gasteiger partial charge in [0.05, 0.1) is 13.1 Å². The summed E-state index contributed by atoms with van der Waals surface area (Å²) in [5.41, 5.74) is 0. The highest BCUT2D eigenvalue weighted by Crippen LogP contribution is 2.26. The summed E-state index contributed by atoms with van der Waals surface area (Å²) in [6, 6.07) is 0. The van der Waals surface area contributed by atoms with Crippen LogP contribution >= 0.6 is 0 Å². The highest BCUT2D eigenvalue weighted by Gasteiger charge is 2.42. The second kappa shape index (κ2) is 50.5. The van der Waals surface area contributed by atoms with Gasteiger partial charge in [-0.05, 0) is 112 Å². The van der Waals surface area contributed by atoms with Crippen molar-refractivity contribution in [3.63, 3.8) is 0 Å². The van der Waals surface area contributed by atoms with Gasteiger partial charge in [-0.3, -0.25) is 14.5 Å². The van der Waals surface area contributed by atoms with Crippen molar-refractivity contribution in [2.45, 2.75) is 160 Å². The number of carbonyl (C=O) groups excluding carboxylic acids is 2. The number of halogens is 2. The highest BCUT2D eigenvalue weighted by molar-refractivity contribution is 7.90. The van der Waals surface area contributed by atoms with Crippen LogP contribution in [0.25, 0.3) is 0 Å². The molecule has 0 unspecified atom stereocenters. The second-order valence-electron chi connectivity index (χ2n) is 15.6.